The second-order valence-electron chi connectivity index (χ2n) is 8.85. The molecule has 3 heteroatoms. The molecule has 0 spiro atoms. The van der Waals surface area contributed by atoms with Gasteiger partial charge in [-0.25, -0.2) is 0 Å². The van der Waals surface area contributed by atoms with E-state index in [2.05, 4.69) is 56.3 Å². The van der Waals surface area contributed by atoms with Crippen molar-refractivity contribution < 1.29 is 9.53 Å². The summed E-state index contributed by atoms with van der Waals surface area (Å²) < 4.78 is 6.18. The lowest BCUT2D eigenvalue weighted by Gasteiger charge is -2.46. The minimum atomic E-state index is -0.0675. The van der Waals surface area contributed by atoms with Crippen LogP contribution in [-0.4, -0.2) is 5.91 Å². The Kier molecular flexibility index (Phi) is 6.41. The van der Waals surface area contributed by atoms with Crippen LogP contribution in [-0.2, 0) is 17.8 Å². The standard InChI is InChI=1S/C28H31NO2/c1-20(2)13-14-22-15-17-24(18-16-22)29-27(21(3)28(29)30)25-11-7-8-12-26(25)31-19-23-9-5-4-6-10-23/h4-12,15-18,20-21,27H,13-14,19H2,1-3H3. The number of rotatable bonds is 8. The number of benzene rings is 3. The van der Waals surface area contributed by atoms with E-state index in [9.17, 15) is 4.79 Å². The number of ether oxygens (including phenoxy) is 1. The minimum absolute atomic E-state index is 0.0130. The maximum atomic E-state index is 12.8. The van der Waals surface area contributed by atoms with Crippen LogP contribution in [0.1, 0.15) is 49.9 Å². The third-order valence-electron chi connectivity index (χ3n) is 6.08. The zero-order chi connectivity index (χ0) is 21.8. The van der Waals surface area contributed by atoms with Crippen molar-refractivity contribution in [2.75, 3.05) is 4.90 Å². The normalized spacial score (nSPS) is 18.2. The third-order valence-corrected chi connectivity index (χ3v) is 6.08. The molecule has 1 amide bonds. The van der Waals surface area contributed by atoms with Crippen LogP contribution in [0.5, 0.6) is 5.75 Å². The molecule has 3 nitrogen and oxygen atoms in total. The summed E-state index contributed by atoms with van der Waals surface area (Å²) in [6, 6.07) is 26.7. The average molecular weight is 414 g/mol. The predicted molar refractivity (Wildman–Crippen MR) is 126 cm³/mol. The maximum Gasteiger partial charge on any atom is 0.232 e. The van der Waals surface area contributed by atoms with Crippen LogP contribution in [0.25, 0.3) is 0 Å². The van der Waals surface area contributed by atoms with Crippen molar-refractivity contribution in [2.24, 2.45) is 11.8 Å². The molecule has 0 saturated carbocycles. The molecule has 0 aliphatic carbocycles. The molecule has 3 aromatic rings. The first kappa shape index (κ1) is 21.2. The largest absolute Gasteiger partial charge is 0.489 e. The number of para-hydroxylation sites is 1. The van der Waals surface area contributed by atoms with Crippen molar-refractivity contribution in [3.8, 4) is 5.75 Å². The van der Waals surface area contributed by atoms with Gasteiger partial charge in [-0.1, -0.05) is 81.4 Å². The Morgan fingerprint density at radius 2 is 1.55 bits per heavy atom. The molecule has 0 N–H and O–H groups in total. The van der Waals surface area contributed by atoms with Crippen LogP contribution < -0.4 is 9.64 Å². The molecule has 0 aromatic heterocycles. The van der Waals surface area contributed by atoms with Crippen LogP contribution in [0.3, 0.4) is 0 Å². The van der Waals surface area contributed by atoms with Gasteiger partial charge in [-0.3, -0.25) is 4.79 Å². The van der Waals surface area contributed by atoms with Crippen LogP contribution in [0.15, 0.2) is 78.9 Å². The summed E-state index contributed by atoms with van der Waals surface area (Å²) in [6.07, 6.45) is 2.25. The fraction of sp³-hybridized carbons (Fsp3) is 0.321. The number of amides is 1. The van der Waals surface area contributed by atoms with E-state index in [0.717, 1.165) is 29.0 Å². The van der Waals surface area contributed by atoms with E-state index in [-0.39, 0.29) is 17.9 Å². The molecule has 2 unspecified atom stereocenters. The maximum absolute atomic E-state index is 12.8. The number of anilines is 1. The van der Waals surface area contributed by atoms with E-state index in [1.54, 1.807) is 0 Å². The molecule has 4 rings (SSSR count). The summed E-state index contributed by atoms with van der Waals surface area (Å²) >= 11 is 0. The Hall–Kier alpha value is -3.07. The number of β-lactam (4-membered cyclic amide) rings is 1. The quantitative estimate of drug-likeness (QED) is 0.390. The van der Waals surface area contributed by atoms with Gasteiger partial charge in [0.2, 0.25) is 5.91 Å². The van der Waals surface area contributed by atoms with E-state index in [1.807, 2.05) is 48.2 Å². The number of aryl methyl sites for hydroxylation is 1. The van der Waals surface area contributed by atoms with Crippen LogP contribution >= 0.6 is 0 Å². The molecule has 3 aromatic carbocycles. The Bertz CT molecular complexity index is 1010. The van der Waals surface area contributed by atoms with Gasteiger partial charge in [0.1, 0.15) is 12.4 Å². The highest BCUT2D eigenvalue weighted by molar-refractivity contribution is 6.03. The van der Waals surface area contributed by atoms with E-state index in [4.69, 9.17) is 4.74 Å². The summed E-state index contributed by atoms with van der Waals surface area (Å²) in [4.78, 5) is 14.7. The van der Waals surface area contributed by atoms with Crippen LogP contribution in [0.4, 0.5) is 5.69 Å². The van der Waals surface area contributed by atoms with Crippen molar-refractivity contribution in [3.05, 3.63) is 95.6 Å². The van der Waals surface area contributed by atoms with Crippen LogP contribution in [0.2, 0.25) is 0 Å². The highest BCUT2D eigenvalue weighted by Crippen LogP contribution is 2.46. The Labute approximate surface area is 185 Å². The second-order valence-corrected chi connectivity index (χ2v) is 8.85. The molecule has 160 valence electrons. The highest BCUT2D eigenvalue weighted by Gasteiger charge is 2.46. The molecule has 1 saturated heterocycles. The van der Waals surface area contributed by atoms with Crippen molar-refractivity contribution >= 4 is 11.6 Å². The third kappa shape index (κ3) is 4.66. The van der Waals surface area contributed by atoms with Gasteiger partial charge in [-0.05, 0) is 48.1 Å². The first-order valence-corrected chi connectivity index (χ1v) is 11.2. The Morgan fingerprint density at radius 1 is 0.871 bits per heavy atom. The van der Waals surface area contributed by atoms with Gasteiger partial charge in [-0.15, -0.1) is 0 Å². The van der Waals surface area contributed by atoms with Crippen molar-refractivity contribution in [1.82, 2.24) is 0 Å². The molecular formula is C28H31NO2. The number of carbonyl (C=O) groups excluding carboxylic acids is 1. The van der Waals surface area contributed by atoms with Gasteiger partial charge in [0.15, 0.2) is 0 Å². The molecule has 1 aliphatic rings. The number of carbonyl (C=O) groups is 1. The van der Waals surface area contributed by atoms with E-state index < -0.39 is 0 Å². The molecule has 1 heterocycles. The Morgan fingerprint density at radius 3 is 2.26 bits per heavy atom. The topological polar surface area (TPSA) is 29.5 Å². The monoisotopic (exact) mass is 413 g/mol. The molecule has 1 aliphatic heterocycles. The number of nitrogens with zero attached hydrogens (tertiary/aromatic N) is 1. The smallest absolute Gasteiger partial charge is 0.232 e. The van der Waals surface area contributed by atoms with Gasteiger partial charge in [0, 0.05) is 11.3 Å². The van der Waals surface area contributed by atoms with Gasteiger partial charge < -0.3 is 9.64 Å². The second kappa shape index (κ2) is 9.38. The molecular weight excluding hydrogens is 382 g/mol. The minimum Gasteiger partial charge on any atom is -0.489 e. The molecule has 31 heavy (non-hydrogen) atoms. The summed E-state index contributed by atoms with van der Waals surface area (Å²) in [6.45, 7) is 7.01. The lowest BCUT2D eigenvalue weighted by Crippen LogP contribution is -2.54. The fourth-order valence-electron chi connectivity index (χ4n) is 4.20. The van der Waals surface area contributed by atoms with E-state index in [0.29, 0.717) is 12.5 Å². The lowest BCUT2D eigenvalue weighted by molar-refractivity contribution is -0.129. The SMILES string of the molecule is CC(C)CCc1ccc(N2C(=O)C(C)C2c2ccccc2OCc2ccccc2)cc1. The van der Waals surface area contributed by atoms with Gasteiger partial charge in [-0.2, -0.15) is 0 Å². The Balaban J connectivity index is 1.54. The molecule has 0 bridgehead atoms. The number of hydrogen-bond acceptors (Lipinski definition) is 2. The van der Waals surface area contributed by atoms with E-state index in [1.165, 1.54) is 12.0 Å². The first-order valence-electron chi connectivity index (χ1n) is 11.2. The summed E-state index contributed by atoms with van der Waals surface area (Å²) in [5, 5.41) is 0. The van der Waals surface area contributed by atoms with E-state index >= 15 is 0 Å². The summed E-state index contributed by atoms with van der Waals surface area (Å²) in [5.41, 5.74) is 4.47. The zero-order valence-corrected chi connectivity index (χ0v) is 18.6. The van der Waals surface area contributed by atoms with Crippen molar-refractivity contribution in [3.63, 3.8) is 0 Å². The molecule has 1 fully saturated rings. The van der Waals surface area contributed by atoms with Crippen LogP contribution in [0, 0.1) is 11.8 Å². The summed E-state index contributed by atoms with van der Waals surface area (Å²) in [7, 11) is 0. The van der Waals surface area contributed by atoms with Gasteiger partial charge >= 0.3 is 0 Å². The summed E-state index contributed by atoms with van der Waals surface area (Å²) in [5.74, 6) is 1.63. The van der Waals surface area contributed by atoms with Gasteiger partial charge in [0.05, 0.1) is 12.0 Å². The molecule has 2 atom stereocenters. The highest BCUT2D eigenvalue weighted by atomic mass is 16.5. The number of hydrogen-bond donors (Lipinski definition) is 0. The lowest BCUT2D eigenvalue weighted by atomic mass is 9.82. The average Bonchev–Trinajstić information content (AvgIpc) is 2.80. The van der Waals surface area contributed by atoms with Crippen molar-refractivity contribution in [1.29, 1.82) is 0 Å². The molecule has 0 radical (unpaired) electrons. The van der Waals surface area contributed by atoms with Gasteiger partial charge in [0.25, 0.3) is 0 Å². The first-order chi connectivity index (χ1) is 15.0. The predicted octanol–water partition coefficient (Wildman–Crippen LogP) is 6.58. The van der Waals surface area contributed by atoms with Crippen molar-refractivity contribution in [2.45, 2.75) is 46.3 Å². The zero-order valence-electron chi connectivity index (χ0n) is 18.6. The fourth-order valence-corrected chi connectivity index (χ4v) is 4.20.